The largest absolute Gasteiger partial charge is 0.383 e. The third-order valence-electron chi connectivity index (χ3n) is 2.48. The molecule has 3 nitrogen and oxygen atoms in total. The number of rotatable bonds is 7. The summed E-state index contributed by atoms with van der Waals surface area (Å²) < 4.78 is 5.06. The van der Waals surface area contributed by atoms with Gasteiger partial charge in [-0.15, -0.1) is 0 Å². The molecular formula is C12H28N2O. The second-order valence-electron chi connectivity index (χ2n) is 5.62. The number of likely N-dealkylation sites (N-methyl/N-ethyl adjacent to an activating group) is 1. The van der Waals surface area contributed by atoms with Crippen LogP contribution in [0.3, 0.4) is 0 Å². The van der Waals surface area contributed by atoms with Gasteiger partial charge in [0.15, 0.2) is 0 Å². The van der Waals surface area contributed by atoms with Crippen LogP contribution >= 0.6 is 0 Å². The van der Waals surface area contributed by atoms with Crippen LogP contribution in [0.25, 0.3) is 0 Å². The molecule has 0 radical (unpaired) electrons. The molecule has 0 amide bonds. The van der Waals surface area contributed by atoms with Crippen LogP contribution in [-0.2, 0) is 4.74 Å². The molecule has 0 aromatic heterocycles. The van der Waals surface area contributed by atoms with Crippen molar-refractivity contribution in [2.45, 2.75) is 27.2 Å². The highest BCUT2D eigenvalue weighted by molar-refractivity contribution is 4.72. The molecule has 3 heteroatoms. The Labute approximate surface area is 95.0 Å². The maximum Gasteiger partial charge on any atom is 0.0589 e. The van der Waals surface area contributed by atoms with Gasteiger partial charge in [-0.25, -0.2) is 0 Å². The number of hydrogen-bond donors (Lipinski definition) is 1. The predicted octanol–water partition coefficient (Wildman–Crippen LogP) is 1.58. The first-order valence-electron chi connectivity index (χ1n) is 5.76. The van der Waals surface area contributed by atoms with Gasteiger partial charge in [-0.1, -0.05) is 20.8 Å². The molecule has 0 saturated heterocycles. The van der Waals surface area contributed by atoms with Gasteiger partial charge >= 0.3 is 0 Å². The number of nitrogens with two attached hydrogens (primary N) is 1. The van der Waals surface area contributed by atoms with Crippen LogP contribution in [0.15, 0.2) is 0 Å². The van der Waals surface area contributed by atoms with Crippen LogP contribution in [0.1, 0.15) is 27.2 Å². The van der Waals surface area contributed by atoms with E-state index in [1.165, 1.54) is 6.42 Å². The van der Waals surface area contributed by atoms with Gasteiger partial charge in [0.2, 0.25) is 0 Å². The normalized spacial score (nSPS) is 14.6. The smallest absolute Gasteiger partial charge is 0.0589 e. The Hall–Kier alpha value is -0.120. The Morgan fingerprint density at radius 2 is 1.93 bits per heavy atom. The van der Waals surface area contributed by atoms with Crippen LogP contribution in [0.4, 0.5) is 0 Å². The van der Waals surface area contributed by atoms with Gasteiger partial charge in [0.25, 0.3) is 0 Å². The maximum atomic E-state index is 5.80. The summed E-state index contributed by atoms with van der Waals surface area (Å²) >= 11 is 0. The van der Waals surface area contributed by atoms with Crippen molar-refractivity contribution in [3.63, 3.8) is 0 Å². The highest BCUT2D eigenvalue weighted by Gasteiger charge is 2.18. The molecule has 0 aliphatic carbocycles. The zero-order valence-corrected chi connectivity index (χ0v) is 11.0. The molecule has 0 spiro atoms. The second-order valence-corrected chi connectivity index (χ2v) is 5.62. The van der Waals surface area contributed by atoms with E-state index in [0.29, 0.717) is 11.3 Å². The zero-order chi connectivity index (χ0) is 11.9. The molecule has 0 heterocycles. The van der Waals surface area contributed by atoms with Crippen LogP contribution in [0, 0.1) is 11.3 Å². The second kappa shape index (κ2) is 7.20. The molecule has 0 aliphatic heterocycles. The van der Waals surface area contributed by atoms with Crippen molar-refractivity contribution in [2.24, 2.45) is 17.1 Å². The van der Waals surface area contributed by atoms with Crippen molar-refractivity contribution < 1.29 is 4.74 Å². The van der Waals surface area contributed by atoms with Crippen LogP contribution in [-0.4, -0.2) is 45.3 Å². The summed E-state index contributed by atoms with van der Waals surface area (Å²) in [4.78, 5) is 2.30. The Morgan fingerprint density at radius 1 is 1.33 bits per heavy atom. The molecular weight excluding hydrogens is 188 g/mol. The summed E-state index contributed by atoms with van der Waals surface area (Å²) in [7, 11) is 3.87. The number of hydrogen-bond acceptors (Lipinski definition) is 3. The average Bonchev–Trinajstić information content (AvgIpc) is 2.11. The molecule has 2 N–H and O–H groups in total. The van der Waals surface area contributed by atoms with Crippen molar-refractivity contribution in [1.82, 2.24) is 4.90 Å². The molecule has 0 bridgehead atoms. The lowest BCUT2D eigenvalue weighted by Gasteiger charge is -2.28. The van der Waals surface area contributed by atoms with Crippen LogP contribution < -0.4 is 5.73 Å². The third-order valence-corrected chi connectivity index (χ3v) is 2.48. The van der Waals surface area contributed by atoms with E-state index >= 15 is 0 Å². The highest BCUT2D eigenvalue weighted by Crippen LogP contribution is 2.24. The van der Waals surface area contributed by atoms with Gasteiger partial charge < -0.3 is 15.4 Å². The lowest BCUT2D eigenvalue weighted by Crippen LogP contribution is -2.34. The Bertz CT molecular complexity index is 154. The van der Waals surface area contributed by atoms with E-state index in [-0.39, 0.29) is 0 Å². The molecule has 1 unspecified atom stereocenters. The average molecular weight is 216 g/mol. The fraction of sp³-hybridized carbons (Fsp3) is 1.00. The molecule has 15 heavy (non-hydrogen) atoms. The SMILES string of the molecule is COCCN(C)CC(CN)CC(C)(C)C. The predicted molar refractivity (Wildman–Crippen MR) is 66.0 cm³/mol. The van der Waals surface area contributed by atoms with E-state index in [1.807, 2.05) is 0 Å². The molecule has 0 aliphatic rings. The number of ether oxygens (including phenoxy) is 1. The molecule has 0 aromatic carbocycles. The summed E-state index contributed by atoms with van der Waals surface area (Å²) in [6, 6.07) is 0. The first-order valence-corrected chi connectivity index (χ1v) is 5.76. The van der Waals surface area contributed by atoms with Crippen molar-refractivity contribution in [3.8, 4) is 0 Å². The third kappa shape index (κ3) is 8.85. The summed E-state index contributed by atoms with van der Waals surface area (Å²) in [5.74, 6) is 0.590. The summed E-state index contributed by atoms with van der Waals surface area (Å²) in [6.07, 6.45) is 1.18. The highest BCUT2D eigenvalue weighted by atomic mass is 16.5. The minimum absolute atomic E-state index is 0.367. The fourth-order valence-electron chi connectivity index (χ4n) is 1.87. The van der Waals surface area contributed by atoms with E-state index in [2.05, 4.69) is 32.7 Å². The fourth-order valence-corrected chi connectivity index (χ4v) is 1.87. The molecule has 0 rings (SSSR count). The summed E-state index contributed by atoms with van der Waals surface area (Å²) in [6.45, 7) is 10.4. The quantitative estimate of drug-likeness (QED) is 0.702. The van der Waals surface area contributed by atoms with E-state index in [0.717, 1.165) is 26.2 Å². The molecule has 1 atom stereocenters. The lowest BCUT2D eigenvalue weighted by molar-refractivity contribution is 0.145. The van der Waals surface area contributed by atoms with E-state index < -0.39 is 0 Å². The first kappa shape index (κ1) is 14.9. The Balaban J connectivity index is 3.87. The van der Waals surface area contributed by atoms with E-state index in [4.69, 9.17) is 10.5 Å². The Morgan fingerprint density at radius 3 is 2.33 bits per heavy atom. The monoisotopic (exact) mass is 216 g/mol. The van der Waals surface area contributed by atoms with Gasteiger partial charge in [0, 0.05) is 20.2 Å². The molecule has 92 valence electrons. The van der Waals surface area contributed by atoms with Gasteiger partial charge in [-0.3, -0.25) is 0 Å². The van der Waals surface area contributed by atoms with E-state index in [1.54, 1.807) is 7.11 Å². The summed E-state index contributed by atoms with van der Waals surface area (Å²) in [5, 5.41) is 0. The lowest BCUT2D eigenvalue weighted by atomic mass is 9.84. The number of nitrogens with zero attached hydrogens (tertiary/aromatic N) is 1. The van der Waals surface area contributed by atoms with Crippen molar-refractivity contribution >= 4 is 0 Å². The van der Waals surface area contributed by atoms with Gasteiger partial charge in [-0.2, -0.15) is 0 Å². The molecule has 0 aromatic rings. The van der Waals surface area contributed by atoms with Gasteiger partial charge in [0.05, 0.1) is 6.61 Å². The van der Waals surface area contributed by atoms with Crippen molar-refractivity contribution in [2.75, 3.05) is 40.4 Å². The van der Waals surface area contributed by atoms with Crippen molar-refractivity contribution in [1.29, 1.82) is 0 Å². The van der Waals surface area contributed by atoms with Crippen molar-refractivity contribution in [3.05, 3.63) is 0 Å². The van der Waals surface area contributed by atoms with Gasteiger partial charge in [-0.05, 0) is 31.3 Å². The minimum atomic E-state index is 0.367. The topological polar surface area (TPSA) is 38.5 Å². The minimum Gasteiger partial charge on any atom is -0.383 e. The summed E-state index contributed by atoms with van der Waals surface area (Å²) in [5.41, 5.74) is 6.17. The first-order chi connectivity index (χ1) is 6.89. The molecule has 0 saturated carbocycles. The maximum absolute atomic E-state index is 5.80. The van der Waals surface area contributed by atoms with Crippen LogP contribution in [0.2, 0.25) is 0 Å². The Kier molecular flexibility index (Phi) is 7.14. The van der Waals surface area contributed by atoms with Crippen LogP contribution in [0.5, 0.6) is 0 Å². The van der Waals surface area contributed by atoms with Gasteiger partial charge in [0.1, 0.15) is 0 Å². The number of methoxy groups -OCH3 is 1. The van der Waals surface area contributed by atoms with E-state index in [9.17, 15) is 0 Å². The zero-order valence-electron chi connectivity index (χ0n) is 11.0. The molecule has 0 fully saturated rings. The standard InChI is InChI=1S/C12H28N2O/c1-12(2,3)8-11(9-13)10-14(4)6-7-15-5/h11H,6-10,13H2,1-5H3.